The highest BCUT2D eigenvalue weighted by Crippen LogP contribution is 2.73. The van der Waals surface area contributed by atoms with E-state index in [0.29, 0.717) is 0 Å². The molecule has 0 saturated heterocycles. The van der Waals surface area contributed by atoms with E-state index in [9.17, 15) is 0 Å². The molecule has 0 saturated carbocycles. The monoisotopic (exact) mass is 946 g/mol. The molecule has 0 N–H and O–H groups in total. The van der Waals surface area contributed by atoms with E-state index in [1.165, 1.54) is 59.1 Å². The third-order valence-electron chi connectivity index (χ3n) is 10.9. The van der Waals surface area contributed by atoms with Crippen LogP contribution in [0.15, 0.2) is 112 Å². The summed E-state index contributed by atoms with van der Waals surface area (Å²) in [6.07, 6.45) is 15.9. The van der Waals surface area contributed by atoms with Gasteiger partial charge in [0, 0.05) is 26.8 Å². The molecule has 1 aliphatic heterocycles. The van der Waals surface area contributed by atoms with Crippen molar-refractivity contribution in [1.29, 1.82) is 0 Å². The van der Waals surface area contributed by atoms with Gasteiger partial charge in [-0.1, -0.05) is 124 Å². The van der Waals surface area contributed by atoms with E-state index in [0.717, 1.165) is 35.5 Å². The van der Waals surface area contributed by atoms with Crippen LogP contribution in [-0.2, 0) is 5.41 Å². The van der Waals surface area contributed by atoms with Crippen LogP contribution in [0.3, 0.4) is 0 Å². The van der Waals surface area contributed by atoms with Crippen LogP contribution in [0.2, 0.25) is 0 Å². The minimum atomic E-state index is -2.40. The van der Waals surface area contributed by atoms with Gasteiger partial charge in [-0.25, -0.2) is 22.6 Å². The van der Waals surface area contributed by atoms with E-state index in [1.807, 2.05) is 18.8 Å². The van der Waals surface area contributed by atoms with E-state index in [2.05, 4.69) is 182 Å². The molecule has 14 heteroatoms. The molecule has 4 aromatic rings. The Morgan fingerprint density at radius 3 is 1.55 bits per heavy atom. The molecule has 8 nitrogen and oxygen atoms in total. The Morgan fingerprint density at radius 2 is 1.10 bits per heavy atom. The minimum absolute atomic E-state index is 0.0288. The molecular weight excluding hydrogens is 878 g/mol. The fourth-order valence-electron chi connectivity index (χ4n) is 8.68. The number of hydrogen-bond donors (Lipinski definition) is 0. The zero-order chi connectivity index (χ0) is 45.0. The number of fused-ring (bicyclic) bond motifs is 3. The first kappa shape index (κ1) is 48.7. The van der Waals surface area contributed by atoms with E-state index in [-0.39, 0.29) is 5.41 Å². The SMILES string of the molecule is C=NP(C)(C)=NP(C)(=NP(C)C)Oc1ccc(/C=C/c2ccc3c(c2)C(CCCC)(CCCC)c2cc(/C=C/c4ccc(OP5(C)=NP(C)(C)=NP(C)(C)=N5)cc4)ccc2-3)cc1. The maximum atomic E-state index is 6.52. The molecule has 2 atom stereocenters. The summed E-state index contributed by atoms with van der Waals surface area (Å²) in [6, 6.07) is 30.9. The summed E-state index contributed by atoms with van der Waals surface area (Å²) in [6.45, 7) is 29.5. The van der Waals surface area contributed by atoms with E-state index in [1.54, 1.807) is 0 Å². The maximum Gasteiger partial charge on any atom is 0.248 e. The van der Waals surface area contributed by atoms with Crippen LogP contribution < -0.4 is 9.05 Å². The lowest BCUT2D eigenvalue weighted by Gasteiger charge is -2.33. The Bertz CT molecular complexity index is 2630. The van der Waals surface area contributed by atoms with Crippen molar-refractivity contribution >= 4 is 75.6 Å². The number of benzene rings is 4. The zero-order valence-electron chi connectivity index (χ0n) is 39.0. The van der Waals surface area contributed by atoms with Gasteiger partial charge in [0.2, 0.25) is 14.9 Å². The lowest BCUT2D eigenvalue weighted by atomic mass is 9.70. The van der Waals surface area contributed by atoms with Gasteiger partial charge in [0.05, 0.1) is 21.6 Å². The predicted molar refractivity (Wildman–Crippen MR) is 286 cm³/mol. The van der Waals surface area contributed by atoms with Crippen LogP contribution >= 0.6 is 44.6 Å². The van der Waals surface area contributed by atoms with Crippen LogP contribution in [0.25, 0.3) is 35.4 Å². The highest BCUT2D eigenvalue weighted by molar-refractivity contribution is 7.84. The minimum Gasteiger partial charge on any atom is -0.442 e. The van der Waals surface area contributed by atoms with E-state index >= 15 is 0 Å². The molecule has 332 valence electrons. The Labute approximate surface area is 375 Å². The maximum absolute atomic E-state index is 6.52. The first-order valence-electron chi connectivity index (χ1n) is 21.6. The molecule has 0 bridgehead atoms. The van der Waals surface area contributed by atoms with Crippen molar-refractivity contribution in [3.8, 4) is 22.6 Å². The predicted octanol–water partition coefficient (Wildman–Crippen LogP) is 18.3. The number of hydrogen-bond acceptors (Lipinski definition) is 6. The molecule has 1 heterocycles. The standard InChI is InChI=1S/C48H68N6O2P6/c1-14-16-34-48(35-17-15-2)46-36-40(20-18-38-22-28-42(29-23-38)55-61(12,50-57(4)5)52-58(6,7)49-3)26-32-44(46)45-33-27-41(37-47(45)48)21-19-39-24-30-43(31-25-39)56-62(13)53-59(8,9)51-60(10,11)54-62/h18-33,36-37H,3,14-17,34-35H2,1-2,4-13H3/b20-18+,21-19+. The van der Waals surface area contributed by atoms with Gasteiger partial charge in [0.15, 0.2) is 0 Å². The van der Waals surface area contributed by atoms with Gasteiger partial charge in [-0.15, -0.1) is 0 Å². The third-order valence-corrected chi connectivity index (χ3v) is 28.2. The highest BCUT2D eigenvalue weighted by atomic mass is 31.3. The molecule has 0 amide bonds. The molecule has 6 rings (SSSR count). The molecule has 2 unspecified atom stereocenters. The largest absolute Gasteiger partial charge is 0.442 e. The van der Waals surface area contributed by atoms with Gasteiger partial charge in [-0.2, -0.15) is 0 Å². The van der Waals surface area contributed by atoms with Crippen LogP contribution in [0.1, 0.15) is 85.8 Å². The fraction of sp³-hybridized carbons (Fsp3) is 0.396. The van der Waals surface area contributed by atoms with Gasteiger partial charge in [-0.3, -0.25) is 4.76 Å². The molecule has 0 aromatic heterocycles. The average molecular weight is 947 g/mol. The van der Waals surface area contributed by atoms with Gasteiger partial charge in [0.1, 0.15) is 11.5 Å². The van der Waals surface area contributed by atoms with Crippen molar-refractivity contribution in [1.82, 2.24) is 0 Å². The Kier molecular flexibility index (Phi) is 15.5. The Morgan fingerprint density at radius 1 is 0.645 bits per heavy atom. The number of unbranched alkanes of at least 4 members (excludes halogenated alkanes) is 2. The van der Waals surface area contributed by atoms with Gasteiger partial charge >= 0.3 is 0 Å². The molecule has 62 heavy (non-hydrogen) atoms. The van der Waals surface area contributed by atoms with Crippen LogP contribution in [0, 0.1) is 0 Å². The molecule has 4 aromatic carbocycles. The topological polar surface area (TPSA) is 92.6 Å². The van der Waals surface area contributed by atoms with Crippen molar-refractivity contribution in [3.05, 3.63) is 118 Å². The second kappa shape index (κ2) is 19.8. The molecule has 0 spiro atoms. The Balaban J connectivity index is 1.25. The Hall–Kier alpha value is -2.79. The molecule has 0 radical (unpaired) electrons. The van der Waals surface area contributed by atoms with Crippen molar-refractivity contribution in [2.45, 2.75) is 57.8 Å². The summed E-state index contributed by atoms with van der Waals surface area (Å²) in [5.74, 6) is 1.59. The quantitative estimate of drug-likeness (QED) is 0.0599. The first-order valence-corrected chi connectivity index (χ1v) is 35.6. The van der Waals surface area contributed by atoms with Crippen molar-refractivity contribution in [2.24, 2.45) is 27.3 Å². The summed E-state index contributed by atoms with van der Waals surface area (Å²) < 4.78 is 42.4. The third kappa shape index (κ3) is 12.3. The summed E-state index contributed by atoms with van der Waals surface area (Å²) in [5.41, 5.74) is 10.3. The lowest BCUT2D eigenvalue weighted by Crippen LogP contribution is -2.25. The van der Waals surface area contributed by atoms with Gasteiger partial charge in [-0.05, 0) is 142 Å². The van der Waals surface area contributed by atoms with Gasteiger partial charge < -0.3 is 9.05 Å². The van der Waals surface area contributed by atoms with Crippen molar-refractivity contribution in [2.75, 3.05) is 66.6 Å². The summed E-state index contributed by atoms with van der Waals surface area (Å²) in [7, 11) is -10.6. The van der Waals surface area contributed by atoms with Crippen LogP contribution in [0.5, 0.6) is 11.5 Å². The van der Waals surface area contributed by atoms with Crippen molar-refractivity contribution < 1.29 is 9.05 Å². The lowest BCUT2D eigenvalue weighted by molar-refractivity contribution is 0.414. The highest BCUT2D eigenvalue weighted by Gasteiger charge is 2.42. The number of rotatable bonds is 17. The second-order valence-corrected chi connectivity index (χ2v) is 35.3. The normalized spacial score (nSPS) is 19.4. The van der Waals surface area contributed by atoms with E-state index in [4.69, 9.17) is 31.6 Å². The first-order chi connectivity index (χ1) is 29.2. The summed E-state index contributed by atoms with van der Waals surface area (Å²) in [4.78, 5) is 0. The van der Waals surface area contributed by atoms with Crippen LogP contribution in [0.4, 0.5) is 0 Å². The smallest absolute Gasteiger partial charge is 0.248 e. The van der Waals surface area contributed by atoms with Gasteiger partial charge in [0.25, 0.3) is 0 Å². The van der Waals surface area contributed by atoms with Crippen molar-refractivity contribution in [3.63, 3.8) is 0 Å². The summed E-state index contributed by atoms with van der Waals surface area (Å²) in [5, 5.41) is 0. The molecule has 1 aliphatic carbocycles. The zero-order valence-corrected chi connectivity index (χ0v) is 44.4. The molecule has 0 fully saturated rings. The summed E-state index contributed by atoms with van der Waals surface area (Å²) >= 11 is 0. The van der Waals surface area contributed by atoms with Crippen LogP contribution in [-0.4, -0.2) is 73.4 Å². The average Bonchev–Trinajstić information content (AvgIpc) is 3.44. The second-order valence-electron chi connectivity index (χ2n) is 18.0. The number of nitrogens with zero attached hydrogens (tertiary/aromatic N) is 6. The van der Waals surface area contributed by atoms with E-state index < -0.39 is 44.6 Å². The molecule has 2 aliphatic rings. The fourth-order valence-corrected chi connectivity index (χ4v) is 29.1. The molecular formula is C48H68N6O2P6.